The van der Waals surface area contributed by atoms with Gasteiger partial charge in [0.25, 0.3) is 0 Å². The van der Waals surface area contributed by atoms with Gasteiger partial charge in [0.2, 0.25) is 0 Å². The van der Waals surface area contributed by atoms with Crippen LogP contribution in [0.25, 0.3) is 11.1 Å². The maximum absolute atomic E-state index is 12.8. The first-order valence-corrected chi connectivity index (χ1v) is 9.35. The van der Waals surface area contributed by atoms with Gasteiger partial charge >= 0.3 is 5.97 Å². The van der Waals surface area contributed by atoms with E-state index in [-0.39, 0.29) is 17.1 Å². The molecule has 0 aliphatic rings. The maximum Gasteiger partial charge on any atom is 0.339 e. The van der Waals surface area contributed by atoms with Crippen molar-refractivity contribution in [2.24, 2.45) is 0 Å². The lowest BCUT2D eigenvalue weighted by atomic mass is 9.99. The molecule has 140 valence electrons. The van der Waals surface area contributed by atoms with Crippen LogP contribution in [0.5, 0.6) is 11.5 Å². The highest BCUT2D eigenvalue weighted by Crippen LogP contribution is 2.36. The molecule has 2 aromatic carbocycles. The third-order valence-electron chi connectivity index (χ3n) is 4.08. The monoisotopic (exact) mass is 386 g/mol. The molecule has 1 aromatic heterocycles. The van der Waals surface area contributed by atoms with Crippen molar-refractivity contribution in [3.63, 3.8) is 0 Å². The zero-order chi connectivity index (χ0) is 19.4. The average Bonchev–Trinajstić information content (AvgIpc) is 3.21. The number of aromatic carboxylic acids is 1. The number of ether oxygens (including phenoxy) is 2. The summed E-state index contributed by atoms with van der Waals surface area (Å²) in [5, 5.41) is 9.74. The van der Waals surface area contributed by atoms with Crippen LogP contribution in [-0.4, -0.2) is 29.8 Å². The van der Waals surface area contributed by atoms with Crippen LogP contribution in [0.2, 0.25) is 0 Å². The molecule has 1 N–H and O–H groups in total. The second kappa shape index (κ2) is 8.20. The third-order valence-corrected chi connectivity index (χ3v) is 5.44. The highest BCUT2D eigenvalue weighted by Gasteiger charge is 2.25. The normalized spacial score (nSPS) is 11.8. The fourth-order valence-corrected chi connectivity index (χ4v) is 3.97. The molecule has 3 aromatic rings. The fourth-order valence-electron chi connectivity index (χ4n) is 2.80. The summed E-state index contributed by atoms with van der Waals surface area (Å²) in [6, 6.07) is 12.0. The van der Waals surface area contributed by atoms with E-state index in [1.165, 1.54) is 26.7 Å². The maximum atomic E-state index is 12.8. The Balaban J connectivity index is 2.01. The first-order valence-electron chi connectivity index (χ1n) is 8.03. The molecule has 0 amide bonds. The first kappa shape index (κ1) is 18.9. The van der Waals surface area contributed by atoms with Crippen LogP contribution in [0.3, 0.4) is 0 Å². The second-order valence-corrected chi connectivity index (χ2v) is 7.12. The topological polar surface area (TPSA) is 92.0 Å². The summed E-state index contributed by atoms with van der Waals surface area (Å²) in [5.41, 5.74) is 1.72. The molecule has 0 fully saturated rings. The molecule has 1 unspecified atom stereocenters. The lowest BCUT2D eigenvalue weighted by Gasteiger charge is -2.16. The minimum Gasteiger partial charge on any atom is -0.611 e. The van der Waals surface area contributed by atoms with Crippen molar-refractivity contribution in [2.45, 2.75) is 10.6 Å². The molecular weight excluding hydrogens is 368 g/mol. The summed E-state index contributed by atoms with van der Waals surface area (Å²) >= 11 is -1.44. The van der Waals surface area contributed by atoms with E-state index < -0.39 is 17.1 Å². The lowest BCUT2D eigenvalue weighted by molar-refractivity contribution is 0.0692. The van der Waals surface area contributed by atoms with Crippen molar-refractivity contribution >= 4 is 17.1 Å². The number of hydrogen-bond donors (Lipinski definition) is 1. The Morgan fingerprint density at radius 2 is 2.00 bits per heavy atom. The molecule has 0 aliphatic carbocycles. The van der Waals surface area contributed by atoms with E-state index in [4.69, 9.17) is 13.9 Å². The number of rotatable bonds is 7. The number of hydrogen-bond acceptors (Lipinski definition) is 5. The largest absolute Gasteiger partial charge is 0.611 e. The van der Waals surface area contributed by atoms with E-state index in [0.717, 1.165) is 0 Å². The molecule has 1 heterocycles. The Labute approximate surface area is 159 Å². The average molecular weight is 386 g/mol. The Morgan fingerprint density at radius 3 is 2.63 bits per heavy atom. The Kier molecular flexibility index (Phi) is 5.73. The van der Waals surface area contributed by atoms with Gasteiger partial charge in [0.1, 0.15) is 22.8 Å². The molecule has 6 nitrogen and oxygen atoms in total. The van der Waals surface area contributed by atoms with Crippen molar-refractivity contribution in [2.75, 3.05) is 14.2 Å². The van der Waals surface area contributed by atoms with Crippen LogP contribution >= 0.6 is 0 Å². The van der Waals surface area contributed by atoms with Gasteiger partial charge in [-0.25, -0.2) is 4.79 Å². The molecule has 0 saturated heterocycles. The van der Waals surface area contributed by atoms with Crippen LogP contribution in [-0.2, 0) is 16.9 Å². The minimum absolute atomic E-state index is 0.00699. The van der Waals surface area contributed by atoms with E-state index in [2.05, 4.69) is 0 Å². The molecule has 0 spiro atoms. The number of carbonyl (C=O) groups is 1. The van der Waals surface area contributed by atoms with Crippen molar-refractivity contribution < 1.29 is 28.3 Å². The van der Waals surface area contributed by atoms with Crippen molar-refractivity contribution in [1.82, 2.24) is 0 Å². The van der Waals surface area contributed by atoms with Gasteiger partial charge in [-0.2, -0.15) is 0 Å². The zero-order valence-corrected chi connectivity index (χ0v) is 15.6. The van der Waals surface area contributed by atoms with E-state index in [1.807, 2.05) is 0 Å². The van der Waals surface area contributed by atoms with Gasteiger partial charge in [-0.15, -0.1) is 0 Å². The molecule has 0 saturated carbocycles. The number of benzene rings is 2. The number of furan rings is 1. The molecule has 27 heavy (non-hydrogen) atoms. The van der Waals surface area contributed by atoms with Gasteiger partial charge in [0.05, 0.1) is 26.7 Å². The number of carboxylic acids is 1. The van der Waals surface area contributed by atoms with Gasteiger partial charge in [0, 0.05) is 22.8 Å². The lowest BCUT2D eigenvalue weighted by Crippen LogP contribution is -2.12. The summed E-state index contributed by atoms with van der Waals surface area (Å²) in [7, 11) is 2.94. The van der Waals surface area contributed by atoms with E-state index in [1.54, 1.807) is 42.5 Å². The Bertz CT molecular complexity index is 936. The van der Waals surface area contributed by atoms with Gasteiger partial charge in [-0.3, -0.25) is 0 Å². The summed E-state index contributed by atoms with van der Waals surface area (Å²) in [6.07, 6.45) is 3.01. The van der Waals surface area contributed by atoms with Crippen LogP contribution in [0.4, 0.5) is 0 Å². The van der Waals surface area contributed by atoms with Crippen molar-refractivity contribution in [3.8, 4) is 22.6 Å². The van der Waals surface area contributed by atoms with Crippen molar-refractivity contribution in [1.29, 1.82) is 0 Å². The van der Waals surface area contributed by atoms with Crippen LogP contribution < -0.4 is 9.47 Å². The quantitative estimate of drug-likeness (QED) is 0.618. The standard InChI is InChI=1S/C20H18O6S/c1-24-15-4-3-5-16(10-15)27(23)12-14-6-7-17(13-8-9-26-11-13)19(25-2)18(14)20(21)22/h3-11H,12H2,1-2H3,(H,21,22). The Morgan fingerprint density at radius 1 is 1.19 bits per heavy atom. The van der Waals surface area contributed by atoms with Crippen molar-refractivity contribution in [3.05, 3.63) is 66.1 Å². The molecule has 0 aliphatic heterocycles. The summed E-state index contributed by atoms with van der Waals surface area (Å²) in [4.78, 5) is 12.5. The Hall–Kier alpha value is -2.90. The highest BCUT2D eigenvalue weighted by atomic mass is 32.2. The fraction of sp³-hybridized carbons (Fsp3) is 0.150. The van der Waals surface area contributed by atoms with E-state index >= 15 is 0 Å². The highest BCUT2D eigenvalue weighted by molar-refractivity contribution is 7.90. The van der Waals surface area contributed by atoms with Crippen LogP contribution in [0.15, 0.2) is 64.3 Å². The smallest absolute Gasteiger partial charge is 0.339 e. The van der Waals surface area contributed by atoms with Crippen LogP contribution in [0.1, 0.15) is 15.9 Å². The van der Waals surface area contributed by atoms with Gasteiger partial charge in [-0.05, 0) is 29.4 Å². The molecule has 1 atom stereocenters. The molecular formula is C20H18O6S. The molecule has 3 rings (SSSR count). The molecule has 7 heteroatoms. The van der Waals surface area contributed by atoms with Crippen LogP contribution in [0, 0.1) is 0 Å². The first-order chi connectivity index (χ1) is 13.0. The zero-order valence-electron chi connectivity index (χ0n) is 14.8. The predicted molar refractivity (Wildman–Crippen MR) is 101 cm³/mol. The molecule has 0 bridgehead atoms. The van der Waals surface area contributed by atoms with E-state index in [0.29, 0.717) is 27.3 Å². The SMILES string of the molecule is COc1cccc([S+]([O-])Cc2ccc(-c3ccoc3)c(OC)c2C(=O)O)c1. The third kappa shape index (κ3) is 3.94. The van der Waals surface area contributed by atoms with Gasteiger partial charge in [-0.1, -0.05) is 18.2 Å². The van der Waals surface area contributed by atoms with E-state index in [9.17, 15) is 14.5 Å². The summed E-state index contributed by atoms with van der Waals surface area (Å²) in [6.45, 7) is 0. The van der Waals surface area contributed by atoms with Gasteiger partial charge in [0.15, 0.2) is 4.90 Å². The predicted octanol–water partition coefficient (Wildman–Crippen LogP) is 3.97. The minimum atomic E-state index is -1.44. The molecule has 0 radical (unpaired) electrons. The number of carboxylic acid groups (broad SMARTS) is 1. The van der Waals surface area contributed by atoms with Gasteiger partial charge < -0.3 is 23.6 Å². The summed E-state index contributed by atoms with van der Waals surface area (Å²) < 4.78 is 28.4. The summed E-state index contributed by atoms with van der Waals surface area (Å²) in [5.74, 6) is -0.303. The number of methoxy groups -OCH3 is 2. The second-order valence-electron chi connectivity index (χ2n) is 5.67.